The van der Waals surface area contributed by atoms with Gasteiger partial charge in [0, 0.05) is 24.7 Å². The van der Waals surface area contributed by atoms with Crippen molar-refractivity contribution in [1.82, 2.24) is 14.9 Å². The highest BCUT2D eigenvalue weighted by Crippen LogP contribution is 2.35. The molecular formula is C22H21Cl2N5. The first-order valence-electron chi connectivity index (χ1n) is 9.62. The van der Waals surface area contributed by atoms with Gasteiger partial charge in [0.05, 0.1) is 32.7 Å². The molecule has 2 heterocycles. The summed E-state index contributed by atoms with van der Waals surface area (Å²) in [6.45, 7) is 4.97. The van der Waals surface area contributed by atoms with Crippen LogP contribution in [0.1, 0.15) is 18.9 Å². The predicted molar refractivity (Wildman–Crippen MR) is 119 cm³/mol. The Morgan fingerprint density at radius 3 is 2.59 bits per heavy atom. The summed E-state index contributed by atoms with van der Waals surface area (Å²) in [4.78, 5) is 14.5. The summed E-state index contributed by atoms with van der Waals surface area (Å²) >= 11 is 12.4. The Balaban J connectivity index is 1.86. The number of fused-ring (bicyclic) bond motifs is 1. The maximum absolute atomic E-state index is 9.32. The summed E-state index contributed by atoms with van der Waals surface area (Å²) < 4.78 is 0. The second-order valence-corrected chi connectivity index (χ2v) is 8.12. The van der Waals surface area contributed by atoms with E-state index >= 15 is 0 Å². The van der Waals surface area contributed by atoms with E-state index in [1.807, 2.05) is 18.2 Å². The number of halogens is 2. The van der Waals surface area contributed by atoms with Crippen LogP contribution in [0.3, 0.4) is 0 Å². The lowest BCUT2D eigenvalue weighted by Gasteiger charge is -2.24. The first-order valence-corrected chi connectivity index (χ1v) is 10.4. The average Bonchev–Trinajstić information content (AvgIpc) is 3.23. The van der Waals surface area contributed by atoms with E-state index in [0.29, 0.717) is 32.7 Å². The molecule has 5 nitrogen and oxygen atoms in total. The molecule has 29 heavy (non-hydrogen) atoms. The Hall–Kier alpha value is -2.39. The molecule has 0 saturated carbocycles. The molecule has 1 aliphatic rings. The van der Waals surface area contributed by atoms with E-state index in [0.717, 1.165) is 43.1 Å². The standard InChI is InChI=1S/C22H21Cl2N5/c1-3-28(2)16-7-8-29(13-16)22-21(15-6-4-5-14(9-15)12-25)26-19-10-17(23)18(24)11-20(19)27-22/h4-6,9-11,16H,3,7-8,13H2,1-2H3. The molecule has 1 aliphatic heterocycles. The fourth-order valence-corrected chi connectivity index (χ4v) is 4.06. The van der Waals surface area contributed by atoms with Crippen LogP contribution >= 0.6 is 23.2 Å². The molecule has 0 spiro atoms. The molecule has 148 valence electrons. The Bertz CT molecular complexity index is 1110. The first kappa shape index (κ1) is 19.9. The Kier molecular flexibility index (Phi) is 5.60. The maximum atomic E-state index is 9.32. The molecule has 0 aliphatic carbocycles. The van der Waals surface area contributed by atoms with Crippen LogP contribution in [-0.4, -0.2) is 47.6 Å². The number of nitriles is 1. The zero-order chi connectivity index (χ0) is 20.5. The van der Waals surface area contributed by atoms with Crippen LogP contribution in [-0.2, 0) is 0 Å². The van der Waals surface area contributed by atoms with Gasteiger partial charge in [-0.15, -0.1) is 0 Å². The van der Waals surface area contributed by atoms with Crippen molar-refractivity contribution in [1.29, 1.82) is 5.26 Å². The maximum Gasteiger partial charge on any atom is 0.156 e. The van der Waals surface area contributed by atoms with Crippen LogP contribution in [0.2, 0.25) is 10.0 Å². The number of nitrogens with zero attached hydrogens (tertiary/aromatic N) is 5. The smallest absolute Gasteiger partial charge is 0.156 e. The van der Waals surface area contributed by atoms with Gasteiger partial charge in [0.15, 0.2) is 5.82 Å². The lowest BCUT2D eigenvalue weighted by atomic mass is 10.1. The quantitative estimate of drug-likeness (QED) is 0.587. The second-order valence-electron chi connectivity index (χ2n) is 7.31. The molecule has 2 aromatic carbocycles. The molecule has 1 fully saturated rings. The minimum atomic E-state index is 0.448. The highest BCUT2D eigenvalue weighted by Gasteiger charge is 2.28. The predicted octanol–water partition coefficient (Wildman–Crippen LogP) is 5.01. The minimum absolute atomic E-state index is 0.448. The summed E-state index contributed by atoms with van der Waals surface area (Å²) in [6, 6.07) is 13.7. The zero-order valence-corrected chi connectivity index (χ0v) is 17.9. The van der Waals surface area contributed by atoms with Crippen molar-refractivity contribution in [2.75, 3.05) is 31.6 Å². The normalized spacial score (nSPS) is 16.6. The molecule has 0 radical (unpaired) electrons. The number of anilines is 1. The molecule has 4 rings (SSSR count). The topological polar surface area (TPSA) is 56.1 Å². The summed E-state index contributed by atoms with van der Waals surface area (Å²) in [6.07, 6.45) is 1.07. The summed E-state index contributed by atoms with van der Waals surface area (Å²) in [7, 11) is 2.15. The third-order valence-electron chi connectivity index (χ3n) is 5.54. The molecular weight excluding hydrogens is 405 g/mol. The first-order chi connectivity index (χ1) is 14.0. The van der Waals surface area contributed by atoms with Crippen molar-refractivity contribution in [2.24, 2.45) is 0 Å². The van der Waals surface area contributed by atoms with E-state index < -0.39 is 0 Å². The lowest BCUT2D eigenvalue weighted by molar-refractivity contribution is 0.272. The Morgan fingerprint density at radius 1 is 1.17 bits per heavy atom. The minimum Gasteiger partial charge on any atom is -0.353 e. The van der Waals surface area contributed by atoms with E-state index in [2.05, 4.69) is 29.8 Å². The number of hydrogen-bond donors (Lipinski definition) is 0. The van der Waals surface area contributed by atoms with Crippen molar-refractivity contribution >= 4 is 40.1 Å². The number of rotatable bonds is 4. The van der Waals surface area contributed by atoms with Crippen molar-refractivity contribution in [3.05, 3.63) is 52.0 Å². The van der Waals surface area contributed by atoms with Gasteiger partial charge in [0.2, 0.25) is 0 Å². The van der Waals surface area contributed by atoms with Gasteiger partial charge in [-0.3, -0.25) is 0 Å². The van der Waals surface area contributed by atoms with E-state index in [1.54, 1.807) is 18.2 Å². The highest BCUT2D eigenvalue weighted by molar-refractivity contribution is 6.42. The zero-order valence-electron chi connectivity index (χ0n) is 16.4. The average molecular weight is 426 g/mol. The molecule has 0 bridgehead atoms. The van der Waals surface area contributed by atoms with Gasteiger partial charge < -0.3 is 9.80 Å². The molecule has 1 atom stereocenters. The van der Waals surface area contributed by atoms with E-state index in [4.69, 9.17) is 33.2 Å². The van der Waals surface area contributed by atoms with E-state index in [1.165, 1.54) is 0 Å². The van der Waals surface area contributed by atoms with Crippen LogP contribution < -0.4 is 4.90 Å². The van der Waals surface area contributed by atoms with Crippen LogP contribution in [0, 0.1) is 11.3 Å². The van der Waals surface area contributed by atoms with E-state index in [9.17, 15) is 5.26 Å². The van der Waals surface area contributed by atoms with Gasteiger partial charge in [0.1, 0.15) is 5.69 Å². The molecule has 0 N–H and O–H groups in total. The molecule has 3 aromatic rings. The second kappa shape index (κ2) is 8.16. The van der Waals surface area contributed by atoms with Crippen LogP contribution in [0.5, 0.6) is 0 Å². The number of benzene rings is 2. The highest BCUT2D eigenvalue weighted by atomic mass is 35.5. The molecule has 0 amide bonds. The molecule has 1 unspecified atom stereocenters. The molecule has 1 saturated heterocycles. The Morgan fingerprint density at radius 2 is 1.90 bits per heavy atom. The van der Waals surface area contributed by atoms with Crippen molar-refractivity contribution in [2.45, 2.75) is 19.4 Å². The van der Waals surface area contributed by atoms with Crippen LogP contribution in [0.4, 0.5) is 5.82 Å². The number of aromatic nitrogens is 2. The van der Waals surface area contributed by atoms with Gasteiger partial charge in [-0.2, -0.15) is 5.26 Å². The van der Waals surface area contributed by atoms with Gasteiger partial charge in [-0.1, -0.05) is 42.3 Å². The van der Waals surface area contributed by atoms with Crippen molar-refractivity contribution in [3.63, 3.8) is 0 Å². The van der Waals surface area contributed by atoms with Crippen LogP contribution in [0.25, 0.3) is 22.3 Å². The summed E-state index contributed by atoms with van der Waals surface area (Å²) in [5.41, 5.74) is 3.61. The van der Waals surface area contributed by atoms with Crippen molar-refractivity contribution < 1.29 is 0 Å². The largest absolute Gasteiger partial charge is 0.353 e. The Labute approximate surface area is 180 Å². The van der Waals surface area contributed by atoms with Gasteiger partial charge in [-0.25, -0.2) is 9.97 Å². The third-order valence-corrected chi connectivity index (χ3v) is 6.26. The summed E-state index contributed by atoms with van der Waals surface area (Å²) in [5, 5.41) is 10.2. The fraction of sp³-hybridized carbons (Fsp3) is 0.318. The number of hydrogen-bond acceptors (Lipinski definition) is 5. The summed E-state index contributed by atoms with van der Waals surface area (Å²) in [5.74, 6) is 0.818. The number of likely N-dealkylation sites (N-methyl/N-ethyl adjacent to an activating group) is 1. The third kappa shape index (κ3) is 3.89. The van der Waals surface area contributed by atoms with E-state index in [-0.39, 0.29) is 0 Å². The SMILES string of the molecule is CCN(C)C1CCN(c2nc3cc(Cl)c(Cl)cc3nc2-c2cccc(C#N)c2)C1. The van der Waals surface area contributed by atoms with Crippen LogP contribution in [0.15, 0.2) is 36.4 Å². The van der Waals surface area contributed by atoms with Crippen molar-refractivity contribution in [3.8, 4) is 17.3 Å². The molecule has 7 heteroatoms. The monoisotopic (exact) mass is 425 g/mol. The molecule has 1 aromatic heterocycles. The lowest BCUT2D eigenvalue weighted by Crippen LogP contribution is -2.34. The van der Waals surface area contributed by atoms with Gasteiger partial charge in [-0.05, 0) is 44.3 Å². The van der Waals surface area contributed by atoms with Gasteiger partial charge in [0.25, 0.3) is 0 Å². The fourth-order valence-electron chi connectivity index (χ4n) is 3.74. The van der Waals surface area contributed by atoms with Gasteiger partial charge >= 0.3 is 0 Å².